The normalized spacial score (nSPS) is 56.4. The Morgan fingerprint density at radius 3 is 1.82 bits per heavy atom. The fraction of sp³-hybridized carbons (Fsp3) is 0.944. The van der Waals surface area contributed by atoms with Crippen LogP contribution in [-0.2, 0) is 52.2 Å². The van der Waals surface area contributed by atoms with Crippen LogP contribution in [0.3, 0.4) is 0 Å². The predicted octanol–water partition coefficient (Wildman–Crippen LogP) is -1.47. The predicted molar refractivity (Wildman–Crippen MR) is 261 cm³/mol. The van der Waals surface area contributed by atoms with Crippen molar-refractivity contribution in [1.29, 1.82) is 0 Å². The molecule has 0 aromatic heterocycles. The smallest absolute Gasteiger partial charge is 0.317 e. The molecule has 4 saturated carbocycles. The lowest BCUT2D eigenvalue weighted by atomic mass is 9.33. The average molecular weight is 1100 g/mol. The molecule has 11 aliphatic rings. The zero-order chi connectivity index (χ0) is 56.1. The number of fused-ring (bicyclic) bond motifs is 7. The monoisotopic (exact) mass is 1100 g/mol. The van der Waals surface area contributed by atoms with E-state index in [0.29, 0.717) is 38.5 Å². The van der Waals surface area contributed by atoms with Gasteiger partial charge in [0.25, 0.3) is 0 Å². The maximum atomic E-state index is 14.0. The van der Waals surface area contributed by atoms with E-state index in [9.17, 15) is 66.1 Å². The van der Waals surface area contributed by atoms with Crippen molar-refractivity contribution < 1.29 is 113 Å². The van der Waals surface area contributed by atoms with Crippen molar-refractivity contribution in [2.45, 2.75) is 253 Å². The third-order valence-electron chi connectivity index (χ3n) is 22.0. The number of rotatable bonds is 11. The van der Waals surface area contributed by atoms with Gasteiger partial charge in [-0.1, -0.05) is 34.6 Å². The van der Waals surface area contributed by atoms with Crippen LogP contribution >= 0.6 is 0 Å². The van der Waals surface area contributed by atoms with E-state index in [-0.39, 0.29) is 34.7 Å². The first-order chi connectivity index (χ1) is 36.0. The van der Waals surface area contributed by atoms with Gasteiger partial charge in [0.2, 0.25) is 0 Å². The number of hydrogen-bond acceptors (Lipinski definition) is 23. The summed E-state index contributed by atoms with van der Waals surface area (Å²) < 4.78 is 62.3. The van der Waals surface area contributed by atoms with Crippen LogP contribution in [0.25, 0.3) is 0 Å². The van der Waals surface area contributed by atoms with Gasteiger partial charge in [-0.15, -0.1) is 0 Å². The highest BCUT2D eigenvalue weighted by Crippen LogP contribution is 2.77. The maximum Gasteiger partial charge on any atom is 0.317 e. The molecule has 12 N–H and O–H groups in total. The zero-order valence-corrected chi connectivity index (χ0v) is 45.6. The third-order valence-corrected chi connectivity index (χ3v) is 22.0. The Bertz CT molecular complexity index is 2210. The lowest BCUT2D eigenvalue weighted by Crippen LogP contribution is -2.72. The first-order valence-corrected chi connectivity index (χ1v) is 27.8. The van der Waals surface area contributed by atoms with E-state index in [1.165, 1.54) is 6.92 Å². The topological polar surface area (TPSA) is 352 Å². The Kier molecular flexibility index (Phi) is 15.5. The second-order valence-corrected chi connectivity index (χ2v) is 26.1. The van der Waals surface area contributed by atoms with Gasteiger partial charge in [-0.3, -0.25) is 4.79 Å². The summed E-state index contributed by atoms with van der Waals surface area (Å²) in [6.07, 6.45) is -26.8. The molecule has 6 aliphatic heterocycles. The molecule has 0 radical (unpaired) electrons. The molecule has 6 saturated heterocycles. The quantitative estimate of drug-likeness (QED) is 0.0638. The number of aliphatic hydroxyl groups excluding tert-OH is 11. The lowest BCUT2D eigenvalue weighted by molar-refractivity contribution is -0.401. The van der Waals surface area contributed by atoms with E-state index >= 15 is 0 Å². The molecule has 0 amide bonds. The van der Waals surface area contributed by atoms with Crippen LogP contribution in [0.15, 0.2) is 11.1 Å². The number of carbonyl (C=O) groups excluding carboxylic acids is 1. The van der Waals surface area contributed by atoms with Gasteiger partial charge >= 0.3 is 5.97 Å². The Labute approximate surface area is 448 Å². The van der Waals surface area contributed by atoms with Gasteiger partial charge in [0.15, 0.2) is 25.2 Å². The summed E-state index contributed by atoms with van der Waals surface area (Å²) >= 11 is 0. The third kappa shape index (κ3) is 8.64. The lowest BCUT2D eigenvalue weighted by Gasteiger charge is -2.73. The van der Waals surface area contributed by atoms with Crippen LogP contribution in [0, 0.1) is 38.9 Å². The first-order valence-electron chi connectivity index (χ1n) is 27.8. The maximum absolute atomic E-state index is 14.0. The van der Waals surface area contributed by atoms with Crippen molar-refractivity contribution in [3.05, 3.63) is 11.1 Å². The Balaban J connectivity index is 0.951. The molecular weight excluding hydrogens is 1020 g/mol. The van der Waals surface area contributed by atoms with E-state index in [1.807, 2.05) is 13.8 Å². The van der Waals surface area contributed by atoms with Gasteiger partial charge in [0.1, 0.15) is 96.7 Å². The number of aliphatic hydroxyl groups is 12. The van der Waals surface area contributed by atoms with Crippen LogP contribution < -0.4 is 0 Å². The highest BCUT2D eigenvalue weighted by Gasteiger charge is 2.75. The fourth-order valence-corrected chi connectivity index (χ4v) is 17.0. The number of hydrogen-bond donors (Lipinski definition) is 12. The number of esters is 1. The molecule has 1 spiro atoms. The summed E-state index contributed by atoms with van der Waals surface area (Å²) in [4.78, 5) is 14.0. The van der Waals surface area contributed by atoms with Crippen LogP contribution in [0.5, 0.6) is 0 Å². The van der Waals surface area contributed by atoms with Crippen molar-refractivity contribution in [3.63, 3.8) is 0 Å². The van der Waals surface area contributed by atoms with E-state index in [0.717, 1.165) is 30.4 Å². The molecule has 0 aromatic rings. The molecule has 23 heteroatoms. The SMILES string of the molecule is CO[C@H]1CC2[C@@]3(C)CC[C@H](O[C@H]4OC[C@H](O)[C@H](O[C@@H]5O[C@H](CO)[C@@H](O)[C@H](O)[C@H]5O[C@@H]5O[C@H](CO)[C@@H](O)[C@H](O)[C@H]5O)[C@H]4O[C@@H]4O[C@@H](C)[C@H](O)[C@@H](O)[C@H]4O)C(C)(C)C3CC[C@@]2(C)[C@]2(C)CCC34CC[C@](C)(OC3=O)[C@@](C)(O)C4=C12. The van der Waals surface area contributed by atoms with Crippen molar-refractivity contribution in [2.75, 3.05) is 26.9 Å². The molecular formula is C54H86O23. The second-order valence-electron chi connectivity index (χ2n) is 26.1. The molecule has 440 valence electrons. The highest BCUT2D eigenvalue weighted by atomic mass is 16.8. The Morgan fingerprint density at radius 2 is 1.18 bits per heavy atom. The highest BCUT2D eigenvalue weighted by molar-refractivity contribution is 5.86. The summed E-state index contributed by atoms with van der Waals surface area (Å²) in [5, 5.41) is 132. The summed E-state index contributed by atoms with van der Waals surface area (Å²) in [7, 11) is 1.72. The zero-order valence-electron chi connectivity index (χ0n) is 45.6. The molecule has 11 rings (SSSR count). The van der Waals surface area contributed by atoms with Crippen LogP contribution in [0.1, 0.15) is 113 Å². The molecule has 29 atom stereocenters. The van der Waals surface area contributed by atoms with Crippen LogP contribution in [-0.4, -0.2) is 234 Å². The van der Waals surface area contributed by atoms with E-state index in [4.69, 9.17) is 47.4 Å². The van der Waals surface area contributed by atoms with Gasteiger partial charge in [-0.25, -0.2) is 0 Å². The van der Waals surface area contributed by atoms with E-state index in [1.54, 1.807) is 7.11 Å². The molecule has 2 bridgehead atoms. The van der Waals surface area contributed by atoms with Crippen molar-refractivity contribution in [3.8, 4) is 0 Å². The summed E-state index contributed by atoms with van der Waals surface area (Å²) in [5.41, 5.74) is -3.07. The second kappa shape index (κ2) is 20.3. The van der Waals surface area contributed by atoms with E-state index < -0.39 is 170 Å². The molecule has 77 heavy (non-hydrogen) atoms. The number of ether oxygens (including phenoxy) is 10. The molecule has 23 nitrogen and oxygen atoms in total. The van der Waals surface area contributed by atoms with Gasteiger partial charge < -0.3 is 109 Å². The largest absolute Gasteiger partial charge is 0.455 e. The van der Waals surface area contributed by atoms with Gasteiger partial charge in [0.05, 0.1) is 43.5 Å². The molecule has 6 heterocycles. The standard InChI is InChI=1S/C54H86O23/c1-22-31(58)34(61)37(64)43(70-22)76-41-39(74-46-40(36(63)33(60)26(20-56)72-46)75-44-38(65)35(62)32(59)25(19-55)71-44)23(57)21-69-45(41)73-29-11-12-49(4)27(48(29,2)3)10-13-50(5)28(49)18-24(68-9)30-42-53(8,67)52(7)15-17-54(42,47(66)77-52)16-14-51(30,50)6/h22-29,31-41,43-46,55-65,67H,10-21H2,1-9H3/t22-,23-,24-,25+,26+,27?,28?,29-,31-,32+,33+,34+,35-,36-,37+,38+,39-,40+,41+,43-,44-,45+,46-,49-,50+,51+,52-,53-,54?/m0/s1. The van der Waals surface area contributed by atoms with Crippen molar-refractivity contribution in [1.82, 2.24) is 0 Å². The summed E-state index contributed by atoms with van der Waals surface area (Å²) in [6, 6.07) is 0. The summed E-state index contributed by atoms with van der Waals surface area (Å²) in [5.74, 6) is -0.0676. The van der Waals surface area contributed by atoms with Crippen molar-refractivity contribution >= 4 is 5.97 Å². The minimum Gasteiger partial charge on any atom is -0.455 e. The first kappa shape index (κ1) is 58.6. The minimum atomic E-state index is -1.96. The van der Waals surface area contributed by atoms with Crippen LogP contribution in [0.4, 0.5) is 0 Å². The fourth-order valence-electron chi connectivity index (χ4n) is 17.0. The van der Waals surface area contributed by atoms with Crippen LogP contribution in [0.2, 0.25) is 0 Å². The summed E-state index contributed by atoms with van der Waals surface area (Å²) in [6.45, 7) is 14.5. The van der Waals surface area contributed by atoms with Gasteiger partial charge in [0, 0.05) is 7.11 Å². The molecule has 3 unspecified atom stereocenters. The Morgan fingerprint density at radius 1 is 0.597 bits per heavy atom. The van der Waals surface area contributed by atoms with E-state index in [2.05, 4.69) is 34.6 Å². The Hall–Kier alpha value is -1.63. The molecule has 5 aliphatic carbocycles. The molecule has 10 fully saturated rings. The average Bonchev–Trinajstić information content (AvgIpc) is 3.37. The minimum absolute atomic E-state index is 0.0561. The van der Waals surface area contributed by atoms with Gasteiger partial charge in [-0.2, -0.15) is 0 Å². The van der Waals surface area contributed by atoms with Crippen molar-refractivity contribution in [2.24, 2.45) is 38.9 Å². The van der Waals surface area contributed by atoms with Gasteiger partial charge in [-0.05, 0) is 123 Å². The molecule has 0 aromatic carbocycles. The number of methoxy groups -OCH3 is 1. The number of carbonyl (C=O) groups is 1.